The van der Waals surface area contributed by atoms with Gasteiger partial charge in [-0.15, -0.1) is 0 Å². The maximum absolute atomic E-state index is 12.7. The lowest BCUT2D eigenvalue weighted by Crippen LogP contribution is -2.19. The van der Waals surface area contributed by atoms with Crippen molar-refractivity contribution in [3.05, 3.63) is 78.1 Å². The zero-order chi connectivity index (χ0) is 26.2. The molecule has 9 nitrogen and oxygen atoms in total. The van der Waals surface area contributed by atoms with E-state index in [1.807, 2.05) is 0 Å². The van der Waals surface area contributed by atoms with E-state index in [0.717, 1.165) is 0 Å². The van der Waals surface area contributed by atoms with Crippen LogP contribution in [-0.4, -0.2) is 28.6 Å². The van der Waals surface area contributed by atoms with Crippen molar-refractivity contribution >= 4 is 46.4 Å². The molecule has 0 spiro atoms. The molecule has 0 aliphatic carbocycles. The molecule has 0 aliphatic heterocycles. The van der Waals surface area contributed by atoms with Gasteiger partial charge < -0.3 is 21.3 Å². The summed E-state index contributed by atoms with van der Waals surface area (Å²) in [6.07, 6.45) is 0. The zero-order valence-corrected chi connectivity index (χ0v) is 20.6. The molecule has 9 heteroatoms. The monoisotopic (exact) mass is 487 g/mol. The van der Waals surface area contributed by atoms with Gasteiger partial charge in [-0.1, -0.05) is 33.8 Å². The highest BCUT2D eigenvalue weighted by atomic mass is 16.2. The number of nitrogens with one attached hydrogen (secondary N) is 4. The Hall–Kier alpha value is -4.53. The van der Waals surface area contributed by atoms with Crippen LogP contribution in [0.15, 0.2) is 66.7 Å². The fraction of sp³-hybridized carbons (Fsp3) is 0.222. The second-order valence-electron chi connectivity index (χ2n) is 8.76. The Kier molecular flexibility index (Phi) is 8.51. The highest BCUT2D eigenvalue weighted by Gasteiger charge is 2.14. The summed E-state index contributed by atoms with van der Waals surface area (Å²) in [5.74, 6) is -1.43. The molecule has 0 atom stereocenters. The maximum atomic E-state index is 12.7. The molecule has 0 bridgehead atoms. The molecule has 0 aliphatic rings. The van der Waals surface area contributed by atoms with E-state index in [4.69, 9.17) is 0 Å². The van der Waals surface area contributed by atoms with Crippen molar-refractivity contribution in [1.29, 1.82) is 0 Å². The molecule has 0 fully saturated rings. The van der Waals surface area contributed by atoms with Gasteiger partial charge in [-0.25, -0.2) is 4.98 Å². The number of pyridine rings is 1. The van der Waals surface area contributed by atoms with Gasteiger partial charge in [-0.3, -0.25) is 19.2 Å². The number of carbonyl (C=O) groups excluding carboxylic acids is 4. The number of aromatic nitrogens is 1. The standard InChI is InChI=1S/C27H29N5O4/c1-16(2)24(33)28-18-8-12-20(13-9-18)30-26(35)22-6-5-7-23(32-22)27(36)31-21-14-10-19(11-15-21)29-25(34)17(3)4/h5-17H,1-4H3,(H,28,33)(H,29,34)(H,30,35)(H,31,36). The Balaban J connectivity index is 1.61. The summed E-state index contributed by atoms with van der Waals surface area (Å²) in [4.78, 5) is 53.1. The summed E-state index contributed by atoms with van der Waals surface area (Å²) in [7, 11) is 0. The molecule has 0 radical (unpaired) electrons. The van der Waals surface area contributed by atoms with Crippen molar-refractivity contribution in [3.8, 4) is 0 Å². The largest absolute Gasteiger partial charge is 0.326 e. The van der Waals surface area contributed by atoms with Crippen LogP contribution in [0.2, 0.25) is 0 Å². The summed E-state index contributed by atoms with van der Waals surface area (Å²) in [6, 6.07) is 18.0. The Morgan fingerprint density at radius 3 is 1.14 bits per heavy atom. The summed E-state index contributed by atoms with van der Waals surface area (Å²) in [5.41, 5.74) is 2.43. The van der Waals surface area contributed by atoms with Crippen LogP contribution in [0, 0.1) is 11.8 Å². The molecule has 186 valence electrons. The first-order valence-electron chi connectivity index (χ1n) is 11.5. The number of benzene rings is 2. The van der Waals surface area contributed by atoms with Crippen LogP contribution >= 0.6 is 0 Å². The number of amides is 4. The minimum absolute atomic E-state index is 0.0755. The number of hydrogen-bond donors (Lipinski definition) is 4. The second kappa shape index (κ2) is 11.7. The van der Waals surface area contributed by atoms with Crippen LogP contribution in [0.4, 0.5) is 22.7 Å². The van der Waals surface area contributed by atoms with E-state index < -0.39 is 11.8 Å². The summed E-state index contributed by atoms with van der Waals surface area (Å²) in [6.45, 7) is 7.21. The number of hydrogen-bond acceptors (Lipinski definition) is 5. The Bertz CT molecular complexity index is 1160. The van der Waals surface area contributed by atoms with Crippen LogP contribution in [0.3, 0.4) is 0 Å². The van der Waals surface area contributed by atoms with Gasteiger partial charge in [0.15, 0.2) is 0 Å². The molecule has 0 saturated carbocycles. The average molecular weight is 488 g/mol. The summed E-state index contributed by atoms with van der Waals surface area (Å²) < 4.78 is 0. The fourth-order valence-corrected chi connectivity index (χ4v) is 2.92. The molecule has 36 heavy (non-hydrogen) atoms. The number of rotatable bonds is 8. The van der Waals surface area contributed by atoms with Gasteiger partial charge in [-0.2, -0.15) is 0 Å². The third-order valence-corrected chi connectivity index (χ3v) is 5.08. The molecule has 0 unspecified atom stereocenters. The quantitative estimate of drug-likeness (QED) is 0.364. The van der Waals surface area contributed by atoms with Crippen molar-refractivity contribution in [2.45, 2.75) is 27.7 Å². The first kappa shape index (κ1) is 26.1. The third kappa shape index (κ3) is 7.23. The normalized spacial score (nSPS) is 10.6. The predicted molar refractivity (Wildman–Crippen MR) is 140 cm³/mol. The van der Waals surface area contributed by atoms with Gasteiger partial charge in [0.2, 0.25) is 11.8 Å². The second-order valence-corrected chi connectivity index (χ2v) is 8.76. The molecule has 2 aromatic carbocycles. The van der Waals surface area contributed by atoms with Gasteiger partial charge in [0.25, 0.3) is 11.8 Å². The van der Waals surface area contributed by atoms with E-state index in [1.165, 1.54) is 12.1 Å². The Morgan fingerprint density at radius 2 is 0.833 bits per heavy atom. The number of anilines is 4. The molecule has 3 rings (SSSR count). The Morgan fingerprint density at radius 1 is 0.528 bits per heavy atom. The molecule has 3 aromatic rings. The minimum atomic E-state index is -0.478. The van der Waals surface area contributed by atoms with Crippen LogP contribution in [0.25, 0.3) is 0 Å². The van der Waals surface area contributed by atoms with Gasteiger partial charge in [-0.05, 0) is 60.7 Å². The van der Waals surface area contributed by atoms with Crippen molar-refractivity contribution in [2.24, 2.45) is 11.8 Å². The van der Waals surface area contributed by atoms with E-state index in [9.17, 15) is 19.2 Å². The molecule has 4 N–H and O–H groups in total. The lowest BCUT2D eigenvalue weighted by Gasteiger charge is -2.10. The predicted octanol–water partition coefficient (Wildman–Crippen LogP) is 4.78. The molecule has 1 heterocycles. The van der Waals surface area contributed by atoms with E-state index in [0.29, 0.717) is 22.7 Å². The van der Waals surface area contributed by atoms with E-state index in [-0.39, 0.29) is 35.0 Å². The van der Waals surface area contributed by atoms with Crippen molar-refractivity contribution in [1.82, 2.24) is 4.98 Å². The molecule has 0 saturated heterocycles. The first-order valence-corrected chi connectivity index (χ1v) is 11.5. The first-order chi connectivity index (χ1) is 17.1. The minimum Gasteiger partial charge on any atom is -0.326 e. The topological polar surface area (TPSA) is 129 Å². The Labute approximate surface area is 209 Å². The van der Waals surface area contributed by atoms with Crippen molar-refractivity contribution < 1.29 is 19.2 Å². The SMILES string of the molecule is CC(C)C(=O)Nc1ccc(NC(=O)c2cccc(C(=O)Nc3ccc(NC(=O)C(C)C)cc3)n2)cc1. The average Bonchev–Trinajstić information content (AvgIpc) is 2.86. The summed E-state index contributed by atoms with van der Waals surface area (Å²) >= 11 is 0. The smallest absolute Gasteiger partial charge is 0.274 e. The van der Waals surface area contributed by atoms with Gasteiger partial charge >= 0.3 is 0 Å². The highest BCUT2D eigenvalue weighted by Crippen LogP contribution is 2.17. The number of carbonyl (C=O) groups is 4. The van der Waals surface area contributed by atoms with Crippen LogP contribution in [-0.2, 0) is 9.59 Å². The van der Waals surface area contributed by atoms with Gasteiger partial charge in [0, 0.05) is 34.6 Å². The number of nitrogens with zero attached hydrogens (tertiary/aromatic N) is 1. The molecular weight excluding hydrogens is 458 g/mol. The lowest BCUT2D eigenvalue weighted by atomic mass is 10.2. The third-order valence-electron chi connectivity index (χ3n) is 5.08. The van der Waals surface area contributed by atoms with Gasteiger partial charge in [0.1, 0.15) is 11.4 Å². The van der Waals surface area contributed by atoms with Crippen molar-refractivity contribution in [2.75, 3.05) is 21.3 Å². The molecular formula is C27H29N5O4. The van der Waals surface area contributed by atoms with Gasteiger partial charge in [0.05, 0.1) is 0 Å². The zero-order valence-electron chi connectivity index (χ0n) is 20.6. The van der Waals surface area contributed by atoms with Crippen LogP contribution in [0.1, 0.15) is 48.7 Å². The van der Waals surface area contributed by atoms with Crippen LogP contribution in [0.5, 0.6) is 0 Å². The highest BCUT2D eigenvalue weighted by molar-refractivity contribution is 6.06. The lowest BCUT2D eigenvalue weighted by molar-refractivity contribution is -0.119. The summed E-state index contributed by atoms with van der Waals surface area (Å²) in [5, 5.41) is 11.0. The van der Waals surface area contributed by atoms with E-state index in [2.05, 4.69) is 26.3 Å². The van der Waals surface area contributed by atoms with Crippen LogP contribution < -0.4 is 21.3 Å². The van der Waals surface area contributed by atoms with Crippen molar-refractivity contribution in [3.63, 3.8) is 0 Å². The fourth-order valence-electron chi connectivity index (χ4n) is 2.92. The molecule has 4 amide bonds. The van der Waals surface area contributed by atoms with E-state index in [1.54, 1.807) is 82.3 Å². The molecule has 1 aromatic heterocycles. The maximum Gasteiger partial charge on any atom is 0.274 e. The van der Waals surface area contributed by atoms with E-state index >= 15 is 0 Å².